The minimum absolute atomic E-state index is 0.123. The van der Waals surface area contributed by atoms with Gasteiger partial charge in [-0.1, -0.05) is 0 Å². The summed E-state index contributed by atoms with van der Waals surface area (Å²) in [5.41, 5.74) is 1.30. The van der Waals surface area contributed by atoms with E-state index >= 15 is 0 Å². The Labute approximate surface area is 170 Å². The molecule has 29 heavy (non-hydrogen) atoms. The summed E-state index contributed by atoms with van der Waals surface area (Å²) in [4.78, 5) is 14.6. The molecule has 6 nitrogen and oxygen atoms in total. The molecule has 0 N–H and O–H groups in total. The molecular weight excluding hydrogens is 395 g/mol. The van der Waals surface area contributed by atoms with Crippen molar-refractivity contribution in [2.75, 3.05) is 32.1 Å². The monoisotopic (exact) mass is 420 g/mol. The molecule has 1 aliphatic rings. The van der Waals surface area contributed by atoms with Crippen LogP contribution in [0.25, 0.3) is 0 Å². The zero-order chi connectivity index (χ0) is 21.2. The lowest BCUT2D eigenvalue weighted by molar-refractivity contribution is -0.123. The van der Waals surface area contributed by atoms with E-state index in [1.807, 2.05) is 0 Å². The van der Waals surface area contributed by atoms with Crippen molar-refractivity contribution >= 4 is 21.6 Å². The van der Waals surface area contributed by atoms with E-state index in [4.69, 9.17) is 4.74 Å². The number of hydrogen-bond acceptors (Lipinski definition) is 4. The molecule has 156 valence electrons. The molecule has 2 aromatic rings. The Bertz CT molecular complexity index is 992. The topological polar surface area (TPSA) is 66.9 Å². The van der Waals surface area contributed by atoms with Gasteiger partial charge in [-0.3, -0.25) is 4.79 Å². The Morgan fingerprint density at radius 1 is 1.21 bits per heavy atom. The van der Waals surface area contributed by atoms with Crippen molar-refractivity contribution in [1.29, 1.82) is 0 Å². The highest BCUT2D eigenvalue weighted by atomic mass is 32.2. The van der Waals surface area contributed by atoms with Crippen LogP contribution in [0.2, 0.25) is 0 Å². The molecule has 1 heterocycles. The zero-order valence-electron chi connectivity index (χ0n) is 16.8. The van der Waals surface area contributed by atoms with Gasteiger partial charge in [-0.2, -0.15) is 4.31 Å². The molecule has 0 bridgehead atoms. The number of hydrogen-bond donors (Lipinski definition) is 0. The highest BCUT2D eigenvalue weighted by Crippen LogP contribution is 2.28. The number of nitrogens with zero attached hydrogens (tertiary/aromatic N) is 2. The van der Waals surface area contributed by atoms with Crippen LogP contribution in [0.4, 0.5) is 10.1 Å². The van der Waals surface area contributed by atoms with E-state index in [9.17, 15) is 17.6 Å². The van der Waals surface area contributed by atoms with Crippen molar-refractivity contribution in [3.63, 3.8) is 0 Å². The fraction of sp³-hybridized carbons (Fsp3) is 0.381. The van der Waals surface area contributed by atoms with Crippen LogP contribution in [-0.2, 0) is 14.8 Å². The van der Waals surface area contributed by atoms with E-state index in [-0.39, 0.29) is 23.2 Å². The number of halogens is 1. The molecular formula is C21H25FN2O4S. The number of anilines is 1. The van der Waals surface area contributed by atoms with Crippen molar-refractivity contribution in [2.24, 2.45) is 5.92 Å². The molecule has 1 saturated heterocycles. The summed E-state index contributed by atoms with van der Waals surface area (Å²) in [6.07, 6.45) is 1.21. The number of rotatable bonds is 5. The van der Waals surface area contributed by atoms with Crippen LogP contribution < -0.4 is 9.64 Å². The van der Waals surface area contributed by atoms with Crippen LogP contribution in [0.3, 0.4) is 0 Å². The van der Waals surface area contributed by atoms with Gasteiger partial charge >= 0.3 is 0 Å². The summed E-state index contributed by atoms with van der Waals surface area (Å²) < 4.78 is 45.9. The fourth-order valence-electron chi connectivity index (χ4n) is 3.59. The second kappa shape index (κ2) is 8.51. The number of benzene rings is 2. The number of methoxy groups -OCH3 is 1. The van der Waals surface area contributed by atoms with Gasteiger partial charge in [0.15, 0.2) is 0 Å². The summed E-state index contributed by atoms with van der Waals surface area (Å²) >= 11 is 0. The molecule has 0 radical (unpaired) electrons. The Kier molecular flexibility index (Phi) is 6.24. The third-order valence-electron chi connectivity index (χ3n) is 5.28. The number of aryl methyl sites for hydroxylation is 1. The third kappa shape index (κ3) is 4.43. The normalized spacial score (nSPS) is 17.7. The number of ether oxygens (including phenoxy) is 1. The van der Waals surface area contributed by atoms with Crippen LogP contribution in [-0.4, -0.2) is 45.9 Å². The maximum atomic E-state index is 13.1. The summed E-state index contributed by atoms with van der Waals surface area (Å²) in [6.45, 7) is 2.28. The van der Waals surface area contributed by atoms with E-state index in [2.05, 4.69) is 0 Å². The SMILES string of the molecule is COc1ccc(S(=O)(=O)N2CCC[C@@H](C(=O)N(C)c3ccc(F)cc3)C2)cc1C. The predicted octanol–water partition coefficient (Wildman–Crippen LogP) is 3.21. The van der Waals surface area contributed by atoms with Gasteiger partial charge in [-0.05, 0) is 67.8 Å². The molecule has 0 saturated carbocycles. The van der Waals surface area contributed by atoms with Gasteiger partial charge in [0, 0.05) is 25.8 Å². The van der Waals surface area contributed by atoms with Gasteiger partial charge in [-0.25, -0.2) is 12.8 Å². The number of piperidine rings is 1. The standard InChI is InChI=1S/C21H25FN2O4S/c1-15-13-19(10-11-20(15)28-3)29(26,27)24-12-4-5-16(14-24)21(25)23(2)18-8-6-17(22)7-9-18/h6-11,13,16H,4-5,12,14H2,1-3H3/t16-/m1/s1. The highest BCUT2D eigenvalue weighted by Gasteiger charge is 2.34. The van der Waals surface area contributed by atoms with Crippen LogP contribution in [0, 0.1) is 18.7 Å². The second-order valence-electron chi connectivity index (χ2n) is 7.21. The quantitative estimate of drug-likeness (QED) is 0.745. The lowest BCUT2D eigenvalue weighted by Gasteiger charge is -2.33. The van der Waals surface area contributed by atoms with Crippen molar-refractivity contribution in [3.8, 4) is 5.75 Å². The number of amides is 1. The van der Waals surface area contributed by atoms with Gasteiger partial charge in [0.1, 0.15) is 11.6 Å². The number of sulfonamides is 1. The molecule has 0 unspecified atom stereocenters. The van der Waals surface area contributed by atoms with Gasteiger partial charge in [0.2, 0.25) is 15.9 Å². The first-order valence-corrected chi connectivity index (χ1v) is 10.9. The van der Waals surface area contributed by atoms with Crippen molar-refractivity contribution < 1.29 is 22.3 Å². The largest absolute Gasteiger partial charge is 0.496 e. The Hall–Kier alpha value is -2.45. The molecule has 2 aromatic carbocycles. The van der Waals surface area contributed by atoms with Gasteiger partial charge in [0.05, 0.1) is 17.9 Å². The Morgan fingerprint density at radius 2 is 1.90 bits per heavy atom. The number of carbonyl (C=O) groups is 1. The van der Waals surface area contributed by atoms with E-state index < -0.39 is 15.9 Å². The lowest BCUT2D eigenvalue weighted by Crippen LogP contribution is -2.46. The van der Waals surface area contributed by atoms with Crippen molar-refractivity contribution in [3.05, 3.63) is 53.8 Å². The Morgan fingerprint density at radius 3 is 2.52 bits per heavy atom. The molecule has 1 aliphatic heterocycles. The fourth-order valence-corrected chi connectivity index (χ4v) is 5.20. The molecule has 0 aliphatic carbocycles. The molecule has 0 spiro atoms. The van der Waals surface area contributed by atoms with Crippen LogP contribution >= 0.6 is 0 Å². The summed E-state index contributed by atoms with van der Waals surface area (Å²) in [5, 5.41) is 0. The van der Waals surface area contributed by atoms with E-state index in [1.165, 1.54) is 46.6 Å². The summed E-state index contributed by atoms with van der Waals surface area (Å²) in [7, 11) is -0.557. The first-order chi connectivity index (χ1) is 13.7. The third-order valence-corrected chi connectivity index (χ3v) is 7.14. The Balaban J connectivity index is 1.78. The van der Waals surface area contributed by atoms with Crippen LogP contribution in [0.5, 0.6) is 5.75 Å². The summed E-state index contributed by atoms with van der Waals surface area (Å²) in [5.74, 6) is -0.383. The van der Waals surface area contributed by atoms with Crippen LogP contribution in [0.1, 0.15) is 18.4 Å². The van der Waals surface area contributed by atoms with Crippen molar-refractivity contribution in [2.45, 2.75) is 24.7 Å². The van der Waals surface area contributed by atoms with E-state index in [0.717, 1.165) is 5.56 Å². The second-order valence-corrected chi connectivity index (χ2v) is 9.15. The maximum Gasteiger partial charge on any atom is 0.243 e. The first kappa shape index (κ1) is 21.3. The van der Waals surface area contributed by atoms with Crippen molar-refractivity contribution in [1.82, 2.24) is 4.31 Å². The van der Waals surface area contributed by atoms with E-state index in [0.29, 0.717) is 30.8 Å². The average molecular weight is 421 g/mol. The first-order valence-electron chi connectivity index (χ1n) is 9.42. The van der Waals surface area contributed by atoms with E-state index in [1.54, 1.807) is 26.1 Å². The number of carbonyl (C=O) groups excluding carboxylic acids is 1. The summed E-state index contributed by atoms with van der Waals surface area (Å²) in [6, 6.07) is 10.4. The van der Waals surface area contributed by atoms with Gasteiger partial charge in [0.25, 0.3) is 0 Å². The van der Waals surface area contributed by atoms with Crippen LogP contribution in [0.15, 0.2) is 47.4 Å². The zero-order valence-corrected chi connectivity index (χ0v) is 17.6. The molecule has 1 fully saturated rings. The molecule has 1 atom stereocenters. The molecule has 0 aromatic heterocycles. The van der Waals surface area contributed by atoms with Gasteiger partial charge in [-0.15, -0.1) is 0 Å². The average Bonchev–Trinajstić information content (AvgIpc) is 2.73. The molecule has 3 rings (SSSR count). The van der Waals surface area contributed by atoms with Gasteiger partial charge < -0.3 is 9.64 Å². The maximum absolute atomic E-state index is 13.1. The highest BCUT2D eigenvalue weighted by molar-refractivity contribution is 7.89. The minimum atomic E-state index is -3.71. The smallest absolute Gasteiger partial charge is 0.243 e. The minimum Gasteiger partial charge on any atom is -0.496 e. The molecule has 8 heteroatoms. The molecule has 1 amide bonds. The lowest BCUT2D eigenvalue weighted by atomic mass is 9.98. The predicted molar refractivity (Wildman–Crippen MR) is 109 cm³/mol.